The van der Waals surface area contributed by atoms with Crippen LogP contribution in [0, 0.1) is 0 Å². The van der Waals surface area contributed by atoms with Crippen molar-refractivity contribution < 1.29 is 0 Å². The lowest BCUT2D eigenvalue weighted by atomic mass is 10.1. The molecular formula is C12H16BrN3. The average Bonchev–Trinajstić information content (AvgIpc) is 2.65. The molecule has 4 heteroatoms. The van der Waals surface area contributed by atoms with Gasteiger partial charge in [0.25, 0.3) is 0 Å². The van der Waals surface area contributed by atoms with Crippen molar-refractivity contribution in [1.29, 1.82) is 0 Å². The zero-order chi connectivity index (χ0) is 11.7. The Labute approximate surface area is 104 Å². The van der Waals surface area contributed by atoms with Gasteiger partial charge in [0, 0.05) is 18.0 Å². The highest BCUT2D eigenvalue weighted by Gasteiger charge is 2.13. The van der Waals surface area contributed by atoms with Crippen molar-refractivity contribution in [2.45, 2.75) is 26.4 Å². The van der Waals surface area contributed by atoms with Crippen LogP contribution in [0.3, 0.4) is 0 Å². The molecule has 1 aromatic heterocycles. The Balaban J connectivity index is 2.68. The highest BCUT2D eigenvalue weighted by Crippen LogP contribution is 2.28. The molecule has 16 heavy (non-hydrogen) atoms. The van der Waals surface area contributed by atoms with Crippen LogP contribution in [0.15, 0.2) is 22.8 Å². The van der Waals surface area contributed by atoms with Gasteiger partial charge < -0.3 is 5.32 Å². The van der Waals surface area contributed by atoms with E-state index in [4.69, 9.17) is 0 Å². The van der Waals surface area contributed by atoms with Crippen molar-refractivity contribution >= 4 is 26.8 Å². The maximum atomic E-state index is 4.63. The molecule has 2 rings (SSSR count). The number of rotatable bonds is 3. The Bertz CT molecular complexity index is 504. The van der Waals surface area contributed by atoms with Gasteiger partial charge in [0.2, 0.25) is 0 Å². The summed E-state index contributed by atoms with van der Waals surface area (Å²) >= 11 is 3.60. The monoisotopic (exact) mass is 281 g/mol. The number of benzene rings is 1. The van der Waals surface area contributed by atoms with Gasteiger partial charge in [-0.2, -0.15) is 5.10 Å². The normalized spacial score (nSPS) is 13.2. The highest BCUT2D eigenvalue weighted by atomic mass is 79.9. The quantitative estimate of drug-likeness (QED) is 0.937. The van der Waals surface area contributed by atoms with E-state index in [1.54, 1.807) is 0 Å². The summed E-state index contributed by atoms with van der Waals surface area (Å²) in [5.74, 6) is 0. The minimum atomic E-state index is 0.316. The van der Waals surface area contributed by atoms with Crippen LogP contribution in [-0.4, -0.2) is 16.8 Å². The third kappa shape index (κ3) is 1.76. The molecule has 1 unspecified atom stereocenters. The predicted molar refractivity (Wildman–Crippen MR) is 70.6 cm³/mol. The first-order chi connectivity index (χ1) is 7.69. The third-order valence-corrected chi connectivity index (χ3v) is 3.77. The summed E-state index contributed by atoms with van der Waals surface area (Å²) in [6.45, 7) is 5.12. The topological polar surface area (TPSA) is 29.9 Å². The van der Waals surface area contributed by atoms with Crippen molar-refractivity contribution in [3.8, 4) is 0 Å². The van der Waals surface area contributed by atoms with E-state index in [0.29, 0.717) is 6.04 Å². The van der Waals surface area contributed by atoms with Gasteiger partial charge in [-0.15, -0.1) is 0 Å². The van der Waals surface area contributed by atoms with Crippen LogP contribution in [0.5, 0.6) is 0 Å². The molecule has 0 radical (unpaired) electrons. The molecule has 0 aliphatic heterocycles. The molecule has 2 aromatic rings. The van der Waals surface area contributed by atoms with E-state index < -0.39 is 0 Å². The summed E-state index contributed by atoms with van der Waals surface area (Å²) < 4.78 is 3.05. The molecule has 3 nitrogen and oxygen atoms in total. The van der Waals surface area contributed by atoms with E-state index in [0.717, 1.165) is 16.7 Å². The molecule has 1 aromatic carbocycles. The molecule has 0 bridgehead atoms. The van der Waals surface area contributed by atoms with Gasteiger partial charge in [0.05, 0.1) is 5.52 Å². The van der Waals surface area contributed by atoms with Gasteiger partial charge in [0.1, 0.15) is 4.60 Å². The zero-order valence-corrected chi connectivity index (χ0v) is 11.4. The Morgan fingerprint density at radius 1 is 1.50 bits per heavy atom. The molecule has 0 spiro atoms. The second kappa shape index (κ2) is 4.55. The average molecular weight is 282 g/mol. The number of fused-ring (bicyclic) bond motifs is 1. The van der Waals surface area contributed by atoms with Crippen molar-refractivity contribution in [1.82, 2.24) is 15.1 Å². The number of nitrogens with one attached hydrogen (secondary N) is 1. The molecule has 1 heterocycles. The fourth-order valence-corrected chi connectivity index (χ4v) is 2.51. The molecule has 0 fully saturated rings. The lowest BCUT2D eigenvalue weighted by molar-refractivity contribution is 0.639. The summed E-state index contributed by atoms with van der Waals surface area (Å²) in [6.07, 6.45) is 0. The van der Waals surface area contributed by atoms with Crippen LogP contribution < -0.4 is 5.32 Å². The summed E-state index contributed by atoms with van der Waals surface area (Å²) in [5.41, 5.74) is 2.32. The second-order valence-corrected chi connectivity index (χ2v) is 4.61. The predicted octanol–water partition coefficient (Wildman–Crippen LogP) is 3.10. The Hall–Kier alpha value is -0.870. The smallest absolute Gasteiger partial charge is 0.111 e. The fourth-order valence-electron chi connectivity index (χ4n) is 1.86. The Morgan fingerprint density at radius 2 is 2.25 bits per heavy atom. The molecule has 0 aliphatic carbocycles. The molecule has 0 amide bonds. The Kier molecular flexibility index (Phi) is 3.30. The van der Waals surface area contributed by atoms with Gasteiger partial charge in [-0.1, -0.05) is 18.2 Å². The highest BCUT2D eigenvalue weighted by molar-refractivity contribution is 9.10. The number of hydrogen-bond donors (Lipinski definition) is 1. The summed E-state index contributed by atoms with van der Waals surface area (Å²) in [7, 11) is 1.97. The van der Waals surface area contributed by atoms with Crippen LogP contribution in [0.4, 0.5) is 0 Å². The number of aryl methyl sites for hydroxylation is 1. The molecule has 0 aliphatic rings. The van der Waals surface area contributed by atoms with Crippen LogP contribution >= 0.6 is 15.9 Å². The standard InChI is InChI=1S/C12H16BrN3/c1-4-16-12(13)10-7-5-6-9(8(2)14-3)11(10)15-16/h5-8,14H,4H2,1-3H3. The largest absolute Gasteiger partial charge is 0.313 e. The minimum Gasteiger partial charge on any atom is -0.313 e. The number of nitrogens with zero attached hydrogens (tertiary/aromatic N) is 2. The number of halogens is 1. The number of hydrogen-bond acceptors (Lipinski definition) is 2. The van der Waals surface area contributed by atoms with Crippen molar-refractivity contribution in [2.75, 3.05) is 7.05 Å². The van der Waals surface area contributed by atoms with Crippen LogP contribution in [0.2, 0.25) is 0 Å². The van der Waals surface area contributed by atoms with Gasteiger partial charge >= 0.3 is 0 Å². The van der Waals surface area contributed by atoms with Gasteiger partial charge in [-0.25, -0.2) is 0 Å². The van der Waals surface area contributed by atoms with E-state index in [2.05, 4.69) is 58.4 Å². The third-order valence-electron chi connectivity index (χ3n) is 2.94. The summed E-state index contributed by atoms with van der Waals surface area (Å²) in [5, 5.41) is 9.07. The van der Waals surface area contributed by atoms with E-state index in [1.165, 1.54) is 10.9 Å². The summed E-state index contributed by atoms with van der Waals surface area (Å²) in [6, 6.07) is 6.63. The first kappa shape index (κ1) is 11.6. The minimum absolute atomic E-state index is 0.316. The SMILES string of the molecule is CCn1nc2c(C(C)NC)cccc2c1Br. The van der Waals surface area contributed by atoms with Crippen molar-refractivity contribution in [2.24, 2.45) is 0 Å². The van der Waals surface area contributed by atoms with E-state index in [-0.39, 0.29) is 0 Å². The van der Waals surface area contributed by atoms with Crippen LogP contribution in [0.25, 0.3) is 10.9 Å². The molecule has 0 saturated carbocycles. The second-order valence-electron chi connectivity index (χ2n) is 3.86. The molecule has 86 valence electrons. The fraction of sp³-hybridized carbons (Fsp3) is 0.417. The molecule has 1 atom stereocenters. The van der Waals surface area contributed by atoms with E-state index in [9.17, 15) is 0 Å². The molecule has 0 saturated heterocycles. The maximum absolute atomic E-state index is 4.63. The molecule has 1 N–H and O–H groups in total. The lowest BCUT2D eigenvalue weighted by Crippen LogP contribution is -2.12. The van der Waals surface area contributed by atoms with Crippen LogP contribution in [-0.2, 0) is 6.54 Å². The van der Waals surface area contributed by atoms with Crippen LogP contribution in [0.1, 0.15) is 25.5 Å². The first-order valence-corrected chi connectivity index (χ1v) is 6.30. The van der Waals surface area contributed by atoms with Gasteiger partial charge in [-0.3, -0.25) is 4.68 Å². The lowest BCUT2D eigenvalue weighted by Gasteiger charge is -2.10. The Morgan fingerprint density at radius 3 is 2.88 bits per heavy atom. The van der Waals surface area contributed by atoms with E-state index >= 15 is 0 Å². The zero-order valence-electron chi connectivity index (χ0n) is 9.79. The molecular weight excluding hydrogens is 266 g/mol. The summed E-state index contributed by atoms with van der Waals surface area (Å²) in [4.78, 5) is 0. The maximum Gasteiger partial charge on any atom is 0.111 e. The van der Waals surface area contributed by atoms with Gasteiger partial charge in [-0.05, 0) is 42.4 Å². The van der Waals surface area contributed by atoms with E-state index in [1.807, 2.05) is 11.7 Å². The number of aromatic nitrogens is 2. The van der Waals surface area contributed by atoms with Crippen molar-refractivity contribution in [3.63, 3.8) is 0 Å². The first-order valence-electron chi connectivity index (χ1n) is 5.51. The van der Waals surface area contributed by atoms with Gasteiger partial charge in [0.15, 0.2) is 0 Å². The van der Waals surface area contributed by atoms with Crippen molar-refractivity contribution in [3.05, 3.63) is 28.4 Å².